The minimum atomic E-state index is -2.44. The number of hydrogen-bond donors (Lipinski definition) is 1. The van der Waals surface area contributed by atoms with Gasteiger partial charge in [0.1, 0.15) is 5.82 Å². The van der Waals surface area contributed by atoms with E-state index in [0.717, 1.165) is 29.9 Å². The van der Waals surface area contributed by atoms with Crippen LogP contribution < -0.4 is 5.73 Å². The van der Waals surface area contributed by atoms with E-state index in [1.54, 1.807) is 4.68 Å². The second-order valence-corrected chi connectivity index (χ2v) is 5.83. The summed E-state index contributed by atoms with van der Waals surface area (Å²) in [5.41, 5.74) is 8.15. The highest BCUT2D eigenvalue weighted by Crippen LogP contribution is 2.46. The molecule has 0 spiro atoms. The quantitative estimate of drug-likeness (QED) is 0.902. The normalized spacial score (nSPS) is 23.7. The second-order valence-electron chi connectivity index (χ2n) is 5.83. The van der Waals surface area contributed by atoms with E-state index >= 15 is 0 Å². The Morgan fingerprint density at radius 2 is 2.06 bits per heavy atom. The van der Waals surface area contributed by atoms with Crippen LogP contribution in [0.5, 0.6) is 0 Å². The molecule has 0 unspecified atom stereocenters. The second kappa shape index (κ2) is 3.93. The molecule has 2 N–H and O–H groups in total. The molecule has 2 aliphatic rings. The summed E-state index contributed by atoms with van der Waals surface area (Å²) >= 11 is 0. The summed E-state index contributed by atoms with van der Waals surface area (Å²) in [4.78, 5) is 0. The Labute approximate surface area is 105 Å². The summed E-state index contributed by atoms with van der Waals surface area (Å²) in [6.45, 7) is 0. The molecule has 0 bridgehead atoms. The first kappa shape index (κ1) is 11.9. The maximum Gasteiger partial charge on any atom is 0.248 e. The summed E-state index contributed by atoms with van der Waals surface area (Å²) in [5.74, 6) is -1.13. The van der Waals surface area contributed by atoms with Gasteiger partial charge in [-0.3, -0.25) is 4.68 Å². The molecule has 0 radical (unpaired) electrons. The molecule has 2 aliphatic carbocycles. The number of nitrogen functional groups attached to an aromatic ring is 1. The van der Waals surface area contributed by atoms with Crippen molar-refractivity contribution >= 4 is 5.82 Å². The maximum absolute atomic E-state index is 12.9. The molecule has 18 heavy (non-hydrogen) atoms. The van der Waals surface area contributed by atoms with E-state index in [1.807, 2.05) is 7.05 Å². The molecular formula is C13H19F2N3. The third kappa shape index (κ3) is 1.89. The van der Waals surface area contributed by atoms with Gasteiger partial charge in [0, 0.05) is 25.5 Å². The monoisotopic (exact) mass is 255 g/mol. The topological polar surface area (TPSA) is 43.8 Å². The van der Waals surface area contributed by atoms with Gasteiger partial charge >= 0.3 is 0 Å². The summed E-state index contributed by atoms with van der Waals surface area (Å²) < 4.78 is 27.4. The zero-order valence-corrected chi connectivity index (χ0v) is 10.6. The molecule has 0 aromatic carbocycles. The van der Waals surface area contributed by atoms with Crippen LogP contribution >= 0.6 is 0 Å². The number of rotatable bonds is 3. The molecular weight excluding hydrogens is 236 g/mol. The van der Waals surface area contributed by atoms with Crippen LogP contribution in [0.4, 0.5) is 14.6 Å². The van der Waals surface area contributed by atoms with Crippen LogP contribution in [0.2, 0.25) is 0 Å². The van der Waals surface area contributed by atoms with E-state index in [1.165, 1.54) is 6.42 Å². The molecule has 2 fully saturated rings. The van der Waals surface area contributed by atoms with Crippen molar-refractivity contribution in [1.29, 1.82) is 0 Å². The first-order chi connectivity index (χ1) is 8.46. The number of nitrogens with zero attached hydrogens (tertiary/aromatic N) is 2. The lowest BCUT2D eigenvalue weighted by Gasteiger charge is -2.35. The largest absolute Gasteiger partial charge is 0.384 e. The Morgan fingerprint density at radius 3 is 2.56 bits per heavy atom. The fourth-order valence-corrected chi connectivity index (χ4v) is 3.11. The summed E-state index contributed by atoms with van der Waals surface area (Å²) in [7, 11) is 1.83. The van der Waals surface area contributed by atoms with Crippen molar-refractivity contribution in [3.63, 3.8) is 0 Å². The van der Waals surface area contributed by atoms with Crippen LogP contribution in [0.1, 0.15) is 49.3 Å². The molecule has 100 valence electrons. The standard InChI is InChI=1S/C13H19F2N3/c1-18-12(16)11(9-3-2-4-9)10(17-18)5-8-6-13(14,15)7-8/h8-9H,2-7,16H2,1H3. The Balaban J connectivity index is 1.77. The molecule has 1 aromatic heterocycles. The van der Waals surface area contributed by atoms with Crippen molar-refractivity contribution in [3.05, 3.63) is 11.3 Å². The van der Waals surface area contributed by atoms with Gasteiger partial charge in [-0.25, -0.2) is 8.78 Å². The van der Waals surface area contributed by atoms with E-state index in [9.17, 15) is 8.78 Å². The van der Waals surface area contributed by atoms with Gasteiger partial charge < -0.3 is 5.73 Å². The van der Waals surface area contributed by atoms with Crippen molar-refractivity contribution in [2.45, 2.75) is 50.4 Å². The first-order valence-corrected chi connectivity index (χ1v) is 6.65. The maximum atomic E-state index is 12.9. The van der Waals surface area contributed by atoms with Gasteiger partial charge in [0.05, 0.1) is 5.69 Å². The lowest BCUT2D eigenvalue weighted by molar-refractivity contribution is -0.110. The molecule has 0 atom stereocenters. The van der Waals surface area contributed by atoms with Crippen molar-refractivity contribution in [1.82, 2.24) is 9.78 Å². The fraction of sp³-hybridized carbons (Fsp3) is 0.769. The number of alkyl halides is 2. The number of aromatic nitrogens is 2. The molecule has 0 amide bonds. The molecule has 3 nitrogen and oxygen atoms in total. The highest BCUT2D eigenvalue weighted by atomic mass is 19.3. The Morgan fingerprint density at radius 1 is 1.39 bits per heavy atom. The lowest BCUT2D eigenvalue weighted by atomic mass is 9.75. The van der Waals surface area contributed by atoms with E-state index in [2.05, 4.69) is 5.10 Å². The van der Waals surface area contributed by atoms with Crippen molar-refractivity contribution in [3.8, 4) is 0 Å². The molecule has 0 aliphatic heterocycles. The minimum Gasteiger partial charge on any atom is -0.384 e. The van der Waals surface area contributed by atoms with Crippen molar-refractivity contribution in [2.75, 3.05) is 5.73 Å². The minimum absolute atomic E-state index is 0.00753. The van der Waals surface area contributed by atoms with E-state index in [-0.39, 0.29) is 18.8 Å². The fourth-order valence-electron chi connectivity index (χ4n) is 3.11. The summed E-state index contributed by atoms with van der Waals surface area (Å²) in [6, 6.07) is 0. The Kier molecular flexibility index (Phi) is 2.61. The smallest absolute Gasteiger partial charge is 0.248 e. The van der Waals surface area contributed by atoms with Crippen LogP contribution in [-0.2, 0) is 13.5 Å². The van der Waals surface area contributed by atoms with Gasteiger partial charge in [-0.05, 0) is 31.1 Å². The van der Waals surface area contributed by atoms with Gasteiger partial charge in [0.2, 0.25) is 5.92 Å². The number of nitrogens with two attached hydrogens (primary N) is 1. The molecule has 1 heterocycles. The molecule has 2 saturated carbocycles. The Bertz CT molecular complexity index is 455. The first-order valence-electron chi connectivity index (χ1n) is 6.65. The number of aryl methyl sites for hydroxylation is 1. The summed E-state index contributed by atoms with van der Waals surface area (Å²) in [6.07, 6.45) is 4.22. The molecule has 0 saturated heterocycles. The lowest BCUT2D eigenvalue weighted by Crippen LogP contribution is -2.36. The van der Waals surface area contributed by atoms with Crippen LogP contribution in [0.3, 0.4) is 0 Å². The molecule has 1 aromatic rings. The highest BCUT2D eigenvalue weighted by Gasteiger charge is 2.45. The number of halogens is 2. The number of hydrogen-bond acceptors (Lipinski definition) is 2. The number of anilines is 1. The van der Waals surface area contributed by atoms with E-state index < -0.39 is 5.92 Å². The zero-order valence-electron chi connectivity index (χ0n) is 10.6. The summed E-state index contributed by atoms with van der Waals surface area (Å²) in [5, 5.41) is 4.43. The van der Waals surface area contributed by atoms with Gasteiger partial charge in [-0.1, -0.05) is 6.42 Å². The average molecular weight is 255 g/mol. The predicted octanol–water partition coefficient (Wildman–Crippen LogP) is 2.86. The van der Waals surface area contributed by atoms with Crippen molar-refractivity contribution in [2.24, 2.45) is 13.0 Å². The van der Waals surface area contributed by atoms with Crippen molar-refractivity contribution < 1.29 is 8.78 Å². The zero-order chi connectivity index (χ0) is 12.9. The van der Waals surface area contributed by atoms with Gasteiger partial charge in [-0.15, -0.1) is 0 Å². The van der Waals surface area contributed by atoms with Crippen LogP contribution in [0.15, 0.2) is 0 Å². The van der Waals surface area contributed by atoms with Crippen LogP contribution in [-0.4, -0.2) is 15.7 Å². The van der Waals surface area contributed by atoms with Gasteiger partial charge in [0.15, 0.2) is 0 Å². The van der Waals surface area contributed by atoms with Crippen LogP contribution in [0, 0.1) is 5.92 Å². The van der Waals surface area contributed by atoms with Gasteiger partial charge in [-0.2, -0.15) is 5.10 Å². The van der Waals surface area contributed by atoms with E-state index in [4.69, 9.17) is 5.73 Å². The Hall–Kier alpha value is -1.13. The third-order valence-corrected chi connectivity index (χ3v) is 4.38. The predicted molar refractivity (Wildman–Crippen MR) is 65.6 cm³/mol. The molecule has 5 heteroatoms. The molecule has 3 rings (SSSR count). The SMILES string of the molecule is Cn1nc(CC2CC(F)(F)C2)c(C2CCC2)c1N. The average Bonchev–Trinajstić information content (AvgIpc) is 2.41. The third-order valence-electron chi connectivity index (χ3n) is 4.38. The highest BCUT2D eigenvalue weighted by molar-refractivity contribution is 5.47. The van der Waals surface area contributed by atoms with Gasteiger partial charge in [0.25, 0.3) is 0 Å². The van der Waals surface area contributed by atoms with E-state index in [0.29, 0.717) is 12.3 Å². The van der Waals surface area contributed by atoms with Crippen LogP contribution in [0.25, 0.3) is 0 Å².